The van der Waals surface area contributed by atoms with E-state index in [1.165, 1.54) is 12.2 Å². The molecule has 0 aromatic rings. The molecule has 0 fully saturated rings. The molecule has 0 spiro atoms. The molecule has 0 saturated heterocycles. The number of phosphoric ester groups is 1. The fourth-order valence-electron chi connectivity index (χ4n) is 3.75. The predicted octanol–water partition coefficient (Wildman–Crippen LogP) is 7.72. The number of phosphoric acid groups is 1. The van der Waals surface area contributed by atoms with Crippen molar-refractivity contribution >= 4 is 13.8 Å². The first kappa shape index (κ1) is 37.7. The lowest BCUT2D eigenvalue weighted by Crippen LogP contribution is -2.24. The highest BCUT2D eigenvalue weighted by molar-refractivity contribution is 7.46. The lowest BCUT2D eigenvalue weighted by atomic mass is 9.96. The minimum absolute atomic E-state index is 0.0919. The second-order valence-corrected chi connectivity index (χ2v) is 11.6. The summed E-state index contributed by atoms with van der Waals surface area (Å²) in [4.78, 5) is 31.7. The van der Waals surface area contributed by atoms with Crippen molar-refractivity contribution in [1.29, 1.82) is 0 Å². The van der Waals surface area contributed by atoms with Crippen LogP contribution in [-0.2, 0) is 18.6 Å². The topological polar surface area (TPSA) is 113 Å². The van der Waals surface area contributed by atoms with Crippen LogP contribution in [0.25, 0.3) is 0 Å². The molecular formula is C35H47O7P. The van der Waals surface area contributed by atoms with Gasteiger partial charge in [-0.1, -0.05) is 141 Å². The van der Waals surface area contributed by atoms with Crippen LogP contribution in [-0.4, -0.2) is 39.2 Å². The van der Waals surface area contributed by atoms with Crippen molar-refractivity contribution in [3.05, 3.63) is 133 Å². The quantitative estimate of drug-likeness (QED) is 0.122. The van der Waals surface area contributed by atoms with Crippen LogP contribution >= 0.6 is 7.82 Å². The maximum atomic E-state index is 12.8. The molecule has 0 unspecified atom stereocenters. The van der Waals surface area contributed by atoms with E-state index >= 15 is 0 Å². The zero-order valence-corrected chi connectivity index (χ0v) is 26.6. The van der Waals surface area contributed by atoms with Gasteiger partial charge in [0.05, 0.1) is 6.42 Å². The summed E-state index contributed by atoms with van der Waals surface area (Å²) in [5.41, 5.74) is 2.19. The third-order valence-electron chi connectivity index (χ3n) is 6.32. The van der Waals surface area contributed by atoms with E-state index in [-0.39, 0.29) is 24.2 Å². The number of carbonyl (C=O) groups excluding carboxylic acids is 1. The Hall–Kier alpha value is -3.32. The number of esters is 1. The van der Waals surface area contributed by atoms with Crippen LogP contribution in [0.5, 0.6) is 0 Å². The molecule has 1 heterocycles. The van der Waals surface area contributed by atoms with Gasteiger partial charge in [0.1, 0.15) is 18.3 Å². The normalized spacial score (nSPS) is 31.0. The molecule has 5 atom stereocenters. The van der Waals surface area contributed by atoms with Crippen molar-refractivity contribution in [2.45, 2.75) is 65.3 Å². The number of ether oxygens (including phenoxy) is 1. The molecule has 1 rings (SSSR count). The van der Waals surface area contributed by atoms with Crippen LogP contribution < -0.4 is 0 Å². The molecule has 0 saturated carbocycles. The molecular weight excluding hydrogens is 563 g/mol. The summed E-state index contributed by atoms with van der Waals surface area (Å²) in [5, 5.41) is 10.7. The molecule has 0 aromatic heterocycles. The number of allylic oxidation sites excluding steroid dienone is 15. The summed E-state index contributed by atoms with van der Waals surface area (Å²) in [6.45, 7) is 15.4. The Balaban J connectivity index is 3.37. The SMILES string of the molecule is C=C/C=C\[C@H](C)/C=C/[C@@H]1C/C=C(C)\C=C/[C@H](OP(=O)(O)O)[C@H](O)\C=C(C)/C=C\C=C/C=C\C=C/C[C@@H](C)C(=C)CC(=O)O1. The highest BCUT2D eigenvalue weighted by atomic mass is 31.2. The Bertz CT molecular complexity index is 1240. The van der Waals surface area contributed by atoms with Gasteiger partial charge in [-0.3, -0.25) is 9.32 Å². The number of hydrogen-bond donors (Lipinski definition) is 3. The second kappa shape index (κ2) is 20.6. The molecule has 8 heteroatoms. The maximum absolute atomic E-state index is 12.8. The third kappa shape index (κ3) is 18.8. The Morgan fingerprint density at radius 3 is 2.40 bits per heavy atom. The summed E-state index contributed by atoms with van der Waals surface area (Å²) >= 11 is 0. The molecule has 1 aliphatic rings. The third-order valence-corrected chi connectivity index (χ3v) is 6.84. The van der Waals surface area contributed by atoms with Crippen LogP contribution in [0, 0.1) is 11.8 Å². The zero-order chi connectivity index (χ0) is 32.3. The van der Waals surface area contributed by atoms with Crippen molar-refractivity contribution in [1.82, 2.24) is 0 Å². The fraction of sp³-hybridized carbons (Fsp3) is 0.343. The number of hydrogen-bond acceptors (Lipinski definition) is 5. The van der Waals surface area contributed by atoms with Gasteiger partial charge < -0.3 is 19.6 Å². The molecule has 0 amide bonds. The lowest BCUT2D eigenvalue weighted by molar-refractivity contribution is -0.146. The summed E-state index contributed by atoms with van der Waals surface area (Å²) in [7, 11) is -4.89. The van der Waals surface area contributed by atoms with Crippen molar-refractivity contribution in [3.8, 4) is 0 Å². The van der Waals surface area contributed by atoms with Crippen LogP contribution in [0.1, 0.15) is 47.0 Å². The van der Waals surface area contributed by atoms with E-state index in [0.717, 1.165) is 17.6 Å². The van der Waals surface area contributed by atoms with Crippen molar-refractivity contribution in [2.24, 2.45) is 11.8 Å². The molecule has 234 valence electrons. The van der Waals surface area contributed by atoms with E-state index < -0.39 is 26.1 Å². The molecule has 7 nitrogen and oxygen atoms in total. The first-order chi connectivity index (χ1) is 20.3. The monoisotopic (exact) mass is 610 g/mol. The zero-order valence-electron chi connectivity index (χ0n) is 25.7. The molecule has 3 N–H and O–H groups in total. The van der Waals surface area contributed by atoms with E-state index in [4.69, 9.17) is 9.26 Å². The first-order valence-corrected chi connectivity index (χ1v) is 15.8. The van der Waals surface area contributed by atoms with Gasteiger partial charge in [-0.2, -0.15) is 0 Å². The van der Waals surface area contributed by atoms with Gasteiger partial charge in [0.15, 0.2) is 0 Å². The molecule has 0 aromatic carbocycles. The van der Waals surface area contributed by atoms with Gasteiger partial charge in [-0.25, -0.2) is 4.57 Å². The van der Waals surface area contributed by atoms with E-state index in [0.29, 0.717) is 12.0 Å². The fourth-order valence-corrected chi connectivity index (χ4v) is 4.26. The van der Waals surface area contributed by atoms with Gasteiger partial charge in [0, 0.05) is 6.42 Å². The smallest absolute Gasteiger partial charge is 0.458 e. The van der Waals surface area contributed by atoms with E-state index in [1.54, 1.807) is 38.2 Å². The van der Waals surface area contributed by atoms with Crippen molar-refractivity contribution in [3.63, 3.8) is 0 Å². The standard InChI is InChI=1S/C35H47O7P/c1-7-8-16-27(2)19-22-32-23-20-28(3)21-24-34(42-43(38,39)40)33(36)25-29(4)17-14-12-10-9-11-13-15-18-30(5)31(6)26-35(37)41-32/h7-17,19-22,24-25,27,30,32-34,36H,1,6,18,23,26H2,2-5H3,(H2,38,39,40)/b11-9-,12-10-,15-13-,16-8-,17-14-,22-19+,24-21-,28-20-,29-25-/t27-,30+,32+,33+,34-/m0/s1. The van der Waals surface area contributed by atoms with E-state index in [9.17, 15) is 24.3 Å². The highest BCUT2D eigenvalue weighted by Gasteiger charge is 2.25. The Labute approximate surface area is 257 Å². The Kier molecular flexibility index (Phi) is 18.0. The van der Waals surface area contributed by atoms with Gasteiger partial charge >= 0.3 is 13.8 Å². The van der Waals surface area contributed by atoms with Crippen molar-refractivity contribution in [2.75, 3.05) is 0 Å². The average Bonchev–Trinajstić information content (AvgIpc) is 2.93. The molecule has 0 radical (unpaired) electrons. The number of carbonyl (C=O) groups is 1. The van der Waals surface area contributed by atoms with E-state index in [2.05, 4.69) is 13.2 Å². The van der Waals surface area contributed by atoms with Gasteiger partial charge in [-0.15, -0.1) is 0 Å². The van der Waals surface area contributed by atoms with E-state index in [1.807, 2.05) is 80.7 Å². The Morgan fingerprint density at radius 1 is 1.05 bits per heavy atom. The average molecular weight is 611 g/mol. The number of aliphatic hydroxyl groups excluding tert-OH is 1. The minimum atomic E-state index is -4.89. The minimum Gasteiger partial charge on any atom is -0.458 e. The summed E-state index contributed by atoms with van der Waals surface area (Å²) in [6.07, 6.45) is 28.6. The largest absolute Gasteiger partial charge is 0.470 e. The number of rotatable bonds is 6. The summed E-state index contributed by atoms with van der Waals surface area (Å²) in [5.74, 6) is -0.187. The number of aliphatic hydroxyl groups is 1. The molecule has 0 bridgehead atoms. The predicted molar refractivity (Wildman–Crippen MR) is 176 cm³/mol. The maximum Gasteiger partial charge on any atom is 0.470 e. The first-order valence-electron chi connectivity index (χ1n) is 14.3. The van der Waals surface area contributed by atoms with Crippen LogP contribution in [0.15, 0.2) is 133 Å². The molecule has 1 aliphatic heterocycles. The number of cyclic esters (lactones) is 1. The summed E-state index contributed by atoms with van der Waals surface area (Å²) in [6, 6.07) is 0. The summed E-state index contributed by atoms with van der Waals surface area (Å²) < 4.78 is 22.3. The van der Waals surface area contributed by atoms with Gasteiger partial charge in [0.2, 0.25) is 0 Å². The van der Waals surface area contributed by atoms with Crippen LogP contribution in [0.2, 0.25) is 0 Å². The van der Waals surface area contributed by atoms with Crippen LogP contribution in [0.4, 0.5) is 0 Å². The molecule has 0 aliphatic carbocycles. The second-order valence-electron chi connectivity index (χ2n) is 10.4. The van der Waals surface area contributed by atoms with Crippen molar-refractivity contribution < 1.29 is 33.5 Å². The Morgan fingerprint density at radius 2 is 1.72 bits per heavy atom. The molecule has 43 heavy (non-hydrogen) atoms. The van der Waals surface area contributed by atoms with Gasteiger partial charge in [-0.05, 0) is 38.2 Å². The van der Waals surface area contributed by atoms with Gasteiger partial charge in [0.25, 0.3) is 0 Å². The van der Waals surface area contributed by atoms with Crippen LogP contribution in [0.3, 0.4) is 0 Å². The lowest BCUT2D eigenvalue weighted by Gasteiger charge is -2.19. The highest BCUT2D eigenvalue weighted by Crippen LogP contribution is 2.39.